The molecule has 0 unspecified atom stereocenters. The van der Waals surface area contributed by atoms with Gasteiger partial charge in [-0.2, -0.15) is 13.2 Å². The van der Waals surface area contributed by atoms with Crippen LogP contribution in [0.15, 0.2) is 53.3 Å². The average molecular weight is 559 g/mol. The number of Topliss-reactive ketones (excluding diaryl/α,β-unsaturated/α-hetero) is 2. The summed E-state index contributed by atoms with van der Waals surface area (Å²) in [4.78, 5) is 40.5. The van der Waals surface area contributed by atoms with Crippen LogP contribution in [-0.4, -0.2) is 68.5 Å². The van der Waals surface area contributed by atoms with E-state index >= 15 is 0 Å². The summed E-state index contributed by atoms with van der Waals surface area (Å²) < 4.78 is 39.3. The molecular formula is C28H25F3N2O7. The number of benzene rings is 2. The van der Waals surface area contributed by atoms with E-state index in [1.807, 2.05) is 0 Å². The Balaban J connectivity index is 1.70. The van der Waals surface area contributed by atoms with Crippen LogP contribution in [-0.2, 0) is 27.0 Å². The van der Waals surface area contributed by atoms with Crippen molar-refractivity contribution in [2.24, 2.45) is 17.6 Å². The van der Waals surface area contributed by atoms with Crippen LogP contribution in [0.2, 0.25) is 0 Å². The Morgan fingerprint density at radius 1 is 1.05 bits per heavy atom. The molecule has 0 saturated heterocycles. The Morgan fingerprint density at radius 2 is 1.68 bits per heavy atom. The van der Waals surface area contributed by atoms with E-state index in [9.17, 15) is 48.0 Å². The van der Waals surface area contributed by atoms with Gasteiger partial charge in [-0.3, -0.25) is 19.3 Å². The van der Waals surface area contributed by atoms with Crippen molar-refractivity contribution in [1.29, 1.82) is 0 Å². The lowest BCUT2D eigenvalue weighted by atomic mass is 9.57. The van der Waals surface area contributed by atoms with Crippen LogP contribution in [0.1, 0.15) is 23.1 Å². The number of aromatic hydroxyl groups is 1. The van der Waals surface area contributed by atoms with Crippen molar-refractivity contribution in [2.45, 2.75) is 30.7 Å². The molecule has 1 fully saturated rings. The number of ketones is 2. The van der Waals surface area contributed by atoms with Gasteiger partial charge in [-0.05, 0) is 67.7 Å². The molecule has 0 heterocycles. The topological polar surface area (TPSA) is 161 Å². The predicted octanol–water partition coefficient (Wildman–Crippen LogP) is 2.65. The number of aliphatic hydroxyl groups is 3. The highest BCUT2D eigenvalue weighted by molar-refractivity contribution is 6.24. The van der Waals surface area contributed by atoms with Gasteiger partial charge in [-0.15, -0.1) is 0 Å². The standard InChI is InChI=1S/C28H25F3N2O7/c1-33(2)21-16-10-12-9-15-14(11-3-5-13(6-4-11)28(29,30)31)7-8-17(34)19(15)22(35)18(12)24(37)27(16,40)25(38)20(23(21)36)26(32)39/h3-8,12,16,21,34-35,38,40H,9-10H2,1-2H3,(H2,32,39)/t12-,16-,21-,27-/m1/s1. The van der Waals surface area contributed by atoms with Gasteiger partial charge in [-0.25, -0.2) is 0 Å². The van der Waals surface area contributed by atoms with Crippen LogP contribution < -0.4 is 5.73 Å². The van der Waals surface area contributed by atoms with Gasteiger partial charge in [0.25, 0.3) is 5.91 Å². The molecule has 0 bridgehead atoms. The SMILES string of the molecule is CN(C)[C@H]1C(=O)C(C(N)=O)=C(O)[C@]2(O)C(=O)C3=C(O)c4c(O)ccc(-c5ccc(C(F)(F)F)cc5)c4C[C@@H]3C[C@H]12. The number of hydrogen-bond acceptors (Lipinski definition) is 8. The van der Waals surface area contributed by atoms with Crippen LogP contribution >= 0.6 is 0 Å². The molecule has 40 heavy (non-hydrogen) atoms. The number of likely N-dealkylation sites (N-methyl/N-ethyl adjacent to an activating group) is 1. The molecule has 1 amide bonds. The number of rotatable bonds is 3. The minimum Gasteiger partial charge on any atom is -0.508 e. The highest BCUT2D eigenvalue weighted by Gasteiger charge is 2.64. The minimum absolute atomic E-state index is 0.0132. The van der Waals surface area contributed by atoms with Crippen molar-refractivity contribution in [3.63, 3.8) is 0 Å². The molecule has 2 aromatic rings. The van der Waals surface area contributed by atoms with E-state index in [0.29, 0.717) is 16.7 Å². The van der Waals surface area contributed by atoms with Crippen LogP contribution in [0.4, 0.5) is 13.2 Å². The Hall–Kier alpha value is -4.16. The van der Waals surface area contributed by atoms with Crippen molar-refractivity contribution in [1.82, 2.24) is 4.90 Å². The van der Waals surface area contributed by atoms with Crippen LogP contribution in [0, 0.1) is 11.8 Å². The number of nitrogens with two attached hydrogens (primary N) is 1. The van der Waals surface area contributed by atoms with Crippen molar-refractivity contribution in [2.75, 3.05) is 14.1 Å². The van der Waals surface area contributed by atoms with E-state index in [4.69, 9.17) is 5.73 Å². The number of fused-ring (bicyclic) bond motifs is 3. The highest BCUT2D eigenvalue weighted by Crippen LogP contribution is 2.53. The molecule has 0 aromatic heterocycles. The number of phenolic OH excluding ortho intramolecular Hbond substituents is 1. The fourth-order valence-corrected chi connectivity index (χ4v) is 6.35. The van der Waals surface area contributed by atoms with Crippen molar-refractivity contribution < 1.29 is 48.0 Å². The molecule has 0 radical (unpaired) electrons. The molecule has 210 valence electrons. The molecule has 0 aliphatic heterocycles. The number of halogens is 3. The van der Waals surface area contributed by atoms with Crippen LogP contribution in [0.25, 0.3) is 16.9 Å². The molecule has 3 aliphatic carbocycles. The van der Waals surface area contributed by atoms with Crippen molar-refractivity contribution >= 4 is 23.2 Å². The molecule has 4 atom stereocenters. The number of carbonyl (C=O) groups is 3. The van der Waals surface area contributed by atoms with Gasteiger partial charge >= 0.3 is 6.18 Å². The van der Waals surface area contributed by atoms with E-state index in [2.05, 4.69) is 0 Å². The summed E-state index contributed by atoms with van der Waals surface area (Å²) in [5.41, 5.74) is 1.45. The summed E-state index contributed by atoms with van der Waals surface area (Å²) in [7, 11) is 2.99. The van der Waals surface area contributed by atoms with Gasteiger partial charge in [0, 0.05) is 11.5 Å². The van der Waals surface area contributed by atoms with Gasteiger partial charge in [0.05, 0.1) is 17.2 Å². The number of phenols is 1. The number of primary amides is 1. The number of amides is 1. The maximum Gasteiger partial charge on any atom is 0.416 e. The first kappa shape index (κ1) is 27.4. The van der Waals surface area contributed by atoms with E-state index in [1.54, 1.807) is 0 Å². The molecule has 1 saturated carbocycles. The first-order valence-corrected chi connectivity index (χ1v) is 12.3. The second-order valence-corrected chi connectivity index (χ2v) is 10.5. The second-order valence-electron chi connectivity index (χ2n) is 10.5. The molecule has 2 aromatic carbocycles. The van der Waals surface area contributed by atoms with Gasteiger partial charge in [0.2, 0.25) is 5.78 Å². The lowest BCUT2D eigenvalue weighted by molar-refractivity contribution is -0.153. The molecule has 0 spiro atoms. The quantitative estimate of drug-likeness (QED) is 0.359. The largest absolute Gasteiger partial charge is 0.508 e. The predicted molar refractivity (Wildman–Crippen MR) is 135 cm³/mol. The maximum atomic E-state index is 13.9. The Bertz CT molecular complexity index is 1540. The minimum atomic E-state index is -4.54. The van der Waals surface area contributed by atoms with Crippen molar-refractivity contribution in [3.05, 3.63) is 70.0 Å². The zero-order valence-corrected chi connectivity index (χ0v) is 21.3. The van der Waals surface area contributed by atoms with Crippen LogP contribution in [0.5, 0.6) is 5.75 Å². The molecule has 12 heteroatoms. The van der Waals surface area contributed by atoms with E-state index < -0.39 is 75.5 Å². The summed E-state index contributed by atoms with van der Waals surface area (Å²) in [6.45, 7) is 0. The molecule has 3 aliphatic rings. The highest BCUT2D eigenvalue weighted by atomic mass is 19.4. The summed E-state index contributed by atoms with van der Waals surface area (Å²) in [5.74, 6) is -7.67. The van der Waals surface area contributed by atoms with Gasteiger partial charge in [0.15, 0.2) is 11.4 Å². The smallest absolute Gasteiger partial charge is 0.416 e. The molecule has 9 nitrogen and oxygen atoms in total. The van der Waals surface area contributed by atoms with Gasteiger partial charge in [0.1, 0.15) is 22.8 Å². The summed E-state index contributed by atoms with van der Waals surface area (Å²) in [6.07, 6.45) is -4.63. The fraction of sp³-hybridized carbons (Fsp3) is 0.321. The Labute approximate surface area is 225 Å². The number of carbonyl (C=O) groups excluding carboxylic acids is 3. The van der Waals surface area contributed by atoms with E-state index in [1.165, 1.54) is 43.3 Å². The maximum absolute atomic E-state index is 13.9. The fourth-order valence-electron chi connectivity index (χ4n) is 6.35. The summed E-state index contributed by atoms with van der Waals surface area (Å²) in [6, 6.07) is 5.80. The van der Waals surface area contributed by atoms with Crippen molar-refractivity contribution in [3.8, 4) is 16.9 Å². The summed E-state index contributed by atoms with van der Waals surface area (Å²) in [5, 5.41) is 44.5. The average Bonchev–Trinajstić information content (AvgIpc) is 2.85. The van der Waals surface area contributed by atoms with E-state index in [-0.39, 0.29) is 24.0 Å². The number of hydrogen-bond donors (Lipinski definition) is 5. The number of nitrogens with zero attached hydrogens (tertiary/aromatic N) is 1. The summed E-state index contributed by atoms with van der Waals surface area (Å²) >= 11 is 0. The normalized spacial score (nSPS) is 26.5. The van der Waals surface area contributed by atoms with E-state index in [0.717, 1.165) is 12.1 Å². The molecule has 5 rings (SSSR count). The lowest BCUT2D eigenvalue weighted by Crippen LogP contribution is -2.65. The monoisotopic (exact) mass is 558 g/mol. The lowest BCUT2D eigenvalue weighted by Gasteiger charge is -2.50. The van der Waals surface area contributed by atoms with Crippen LogP contribution in [0.3, 0.4) is 0 Å². The molecular weight excluding hydrogens is 533 g/mol. The Kier molecular flexibility index (Phi) is 6.12. The zero-order valence-electron chi connectivity index (χ0n) is 21.3. The Morgan fingerprint density at radius 3 is 2.23 bits per heavy atom. The zero-order chi connectivity index (χ0) is 29.5. The third kappa shape index (κ3) is 3.74. The third-order valence-electron chi connectivity index (χ3n) is 8.13. The van der Waals surface area contributed by atoms with Gasteiger partial charge in [-0.1, -0.05) is 18.2 Å². The first-order valence-electron chi connectivity index (χ1n) is 12.3. The third-order valence-corrected chi connectivity index (χ3v) is 8.13. The number of alkyl halides is 3. The second kappa shape index (κ2) is 8.93. The first-order chi connectivity index (χ1) is 18.6. The number of aliphatic hydroxyl groups excluding tert-OH is 2. The molecule has 6 N–H and O–H groups in total. The van der Waals surface area contributed by atoms with Gasteiger partial charge < -0.3 is 26.2 Å².